The van der Waals surface area contributed by atoms with Gasteiger partial charge in [0, 0.05) is 23.6 Å². The molecule has 0 fully saturated rings. The van der Waals surface area contributed by atoms with Crippen LogP contribution in [0, 0.1) is 0 Å². The number of carbonyl (C=O) groups is 2. The summed E-state index contributed by atoms with van der Waals surface area (Å²) in [4.78, 5) is 22.5. The van der Waals surface area contributed by atoms with E-state index in [4.69, 9.17) is 5.11 Å². The highest BCUT2D eigenvalue weighted by atomic mass is 32.2. The Kier molecular flexibility index (Phi) is 7.36. The van der Waals surface area contributed by atoms with Gasteiger partial charge >= 0.3 is 5.97 Å². The van der Waals surface area contributed by atoms with Crippen LogP contribution in [0.4, 0.5) is 5.69 Å². The largest absolute Gasteiger partial charge is 0.481 e. The fraction of sp³-hybridized carbons (Fsp3) is 0.263. The van der Waals surface area contributed by atoms with Crippen LogP contribution in [0.2, 0.25) is 0 Å². The number of nitrogens with one attached hydrogen (secondary N) is 1. The summed E-state index contributed by atoms with van der Waals surface area (Å²) in [6, 6.07) is 17.6. The summed E-state index contributed by atoms with van der Waals surface area (Å²) in [6.07, 6.45) is 1.33. The minimum atomic E-state index is -0.776. The van der Waals surface area contributed by atoms with Gasteiger partial charge in [-0.1, -0.05) is 42.5 Å². The van der Waals surface area contributed by atoms with Crippen LogP contribution in [0.3, 0.4) is 0 Å². The average molecular weight is 343 g/mol. The number of carboxylic acid groups (broad SMARTS) is 1. The molecule has 0 aliphatic rings. The van der Waals surface area contributed by atoms with E-state index in [1.165, 1.54) is 0 Å². The Labute approximate surface area is 146 Å². The van der Waals surface area contributed by atoms with Gasteiger partial charge in [-0.05, 0) is 29.7 Å². The van der Waals surface area contributed by atoms with Crippen LogP contribution in [0.15, 0.2) is 54.6 Å². The number of rotatable bonds is 9. The number of aliphatic carboxylic acids is 1. The van der Waals surface area contributed by atoms with E-state index < -0.39 is 5.97 Å². The molecular formula is C19H21NO3S. The average Bonchev–Trinajstić information content (AvgIpc) is 2.58. The van der Waals surface area contributed by atoms with Crippen LogP contribution < -0.4 is 5.32 Å². The molecule has 0 spiro atoms. The van der Waals surface area contributed by atoms with Crippen LogP contribution >= 0.6 is 11.8 Å². The number of benzene rings is 2. The summed E-state index contributed by atoms with van der Waals surface area (Å²) < 4.78 is 0. The summed E-state index contributed by atoms with van der Waals surface area (Å²) >= 11 is 1.58. The first-order valence-corrected chi connectivity index (χ1v) is 9.01. The molecule has 0 atom stereocenters. The molecule has 0 aliphatic carbocycles. The standard InChI is InChI=1S/C19H21NO3S/c21-18(10-9-15-5-2-1-3-6-15)20-17-8-4-7-16(13-17)14-24-12-11-19(22)23/h1-8,13H,9-12,14H2,(H,20,21)(H,22,23). The summed E-state index contributed by atoms with van der Waals surface area (Å²) in [6.45, 7) is 0. The second-order valence-corrected chi connectivity index (χ2v) is 6.54. The molecule has 5 heteroatoms. The molecule has 0 saturated heterocycles. The number of hydrogen-bond donors (Lipinski definition) is 2. The Balaban J connectivity index is 1.78. The van der Waals surface area contributed by atoms with Crippen LogP contribution in [-0.2, 0) is 21.8 Å². The third kappa shape index (κ3) is 6.87. The fourth-order valence-electron chi connectivity index (χ4n) is 2.21. The van der Waals surface area contributed by atoms with Gasteiger partial charge < -0.3 is 10.4 Å². The molecule has 0 bridgehead atoms. The van der Waals surface area contributed by atoms with Gasteiger partial charge in [0.1, 0.15) is 0 Å². The Morgan fingerprint density at radius 2 is 1.71 bits per heavy atom. The van der Waals surface area contributed by atoms with Crippen molar-refractivity contribution in [1.82, 2.24) is 0 Å². The number of hydrogen-bond acceptors (Lipinski definition) is 3. The molecule has 2 aromatic carbocycles. The second-order valence-electron chi connectivity index (χ2n) is 5.43. The summed E-state index contributed by atoms with van der Waals surface area (Å²) in [5.41, 5.74) is 3.01. The van der Waals surface area contributed by atoms with Gasteiger partial charge in [0.25, 0.3) is 0 Å². The number of carbonyl (C=O) groups excluding carboxylic acids is 1. The van der Waals surface area contributed by atoms with Gasteiger partial charge in [-0.15, -0.1) is 0 Å². The van der Waals surface area contributed by atoms with E-state index in [2.05, 4.69) is 5.32 Å². The minimum Gasteiger partial charge on any atom is -0.481 e. The topological polar surface area (TPSA) is 66.4 Å². The van der Waals surface area contributed by atoms with Crippen LogP contribution in [0.5, 0.6) is 0 Å². The number of anilines is 1. The maximum atomic E-state index is 12.1. The smallest absolute Gasteiger partial charge is 0.304 e. The van der Waals surface area contributed by atoms with E-state index in [0.29, 0.717) is 12.2 Å². The molecule has 0 aliphatic heterocycles. The van der Waals surface area contributed by atoms with Crippen molar-refractivity contribution >= 4 is 29.3 Å². The molecule has 4 nitrogen and oxygen atoms in total. The zero-order valence-corrected chi connectivity index (χ0v) is 14.2. The van der Waals surface area contributed by atoms with Gasteiger partial charge in [0.15, 0.2) is 0 Å². The quantitative estimate of drug-likeness (QED) is 0.676. The molecule has 0 unspecified atom stereocenters. The van der Waals surface area contributed by atoms with E-state index in [1.807, 2.05) is 54.6 Å². The van der Waals surface area contributed by atoms with Crippen molar-refractivity contribution in [3.8, 4) is 0 Å². The predicted octanol–water partition coefficient (Wildman–Crippen LogP) is 3.97. The summed E-state index contributed by atoms with van der Waals surface area (Å²) in [5.74, 6) is 0.542. The van der Waals surface area contributed by atoms with Crippen LogP contribution in [0.25, 0.3) is 0 Å². The highest BCUT2D eigenvalue weighted by Gasteiger charge is 2.04. The van der Waals surface area contributed by atoms with Crippen molar-refractivity contribution in [2.45, 2.75) is 25.0 Å². The summed E-state index contributed by atoms with van der Waals surface area (Å²) in [5, 5.41) is 11.5. The zero-order valence-electron chi connectivity index (χ0n) is 13.4. The number of aryl methyl sites for hydroxylation is 1. The van der Waals surface area contributed by atoms with E-state index >= 15 is 0 Å². The first kappa shape index (κ1) is 18.1. The Bertz CT molecular complexity index is 673. The van der Waals surface area contributed by atoms with Crippen molar-refractivity contribution in [2.24, 2.45) is 0 Å². The third-order valence-electron chi connectivity index (χ3n) is 3.42. The van der Waals surface area contributed by atoms with Crippen molar-refractivity contribution in [1.29, 1.82) is 0 Å². The first-order valence-electron chi connectivity index (χ1n) is 7.86. The highest BCUT2D eigenvalue weighted by Crippen LogP contribution is 2.17. The Morgan fingerprint density at radius 1 is 0.958 bits per heavy atom. The van der Waals surface area contributed by atoms with Gasteiger partial charge in [0.05, 0.1) is 6.42 Å². The molecule has 2 N–H and O–H groups in total. The fourth-order valence-corrected chi connectivity index (χ4v) is 3.09. The second kappa shape index (κ2) is 9.78. The van der Waals surface area contributed by atoms with Crippen molar-refractivity contribution in [3.05, 3.63) is 65.7 Å². The van der Waals surface area contributed by atoms with E-state index in [-0.39, 0.29) is 12.3 Å². The van der Waals surface area contributed by atoms with Gasteiger partial charge in [-0.2, -0.15) is 11.8 Å². The molecule has 24 heavy (non-hydrogen) atoms. The third-order valence-corrected chi connectivity index (χ3v) is 4.45. The lowest BCUT2D eigenvalue weighted by Crippen LogP contribution is -2.12. The van der Waals surface area contributed by atoms with Gasteiger partial charge in [-0.25, -0.2) is 0 Å². The summed E-state index contributed by atoms with van der Waals surface area (Å²) in [7, 11) is 0. The lowest BCUT2D eigenvalue weighted by molar-refractivity contribution is -0.136. The van der Waals surface area contributed by atoms with Crippen LogP contribution in [0.1, 0.15) is 24.0 Å². The minimum absolute atomic E-state index is 0.00506. The molecule has 0 saturated carbocycles. The van der Waals surface area contributed by atoms with Crippen molar-refractivity contribution in [2.75, 3.05) is 11.1 Å². The monoisotopic (exact) mass is 343 g/mol. The maximum absolute atomic E-state index is 12.1. The van der Waals surface area contributed by atoms with E-state index in [9.17, 15) is 9.59 Å². The molecule has 1 amide bonds. The lowest BCUT2D eigenvalue weighted by Gasteiger charge is -2.08. The maximum Gasteiger partial charge on any atom is 0.304 e. The number of carboxylic acids is 1. The van der Waals surface area contributed by atoms with Crippen molar-refractivity contribution < 1.29 is 14.7 Å². The first-order chi connectivity index (χ1) is 11.6. The van der Waals surface area contributed by atoms with E-state index in [1.54, 1.807) is 11.8 Å². The SMILES string of the molecule is O=C(O)CCSCc1cccc(NC(=O)CCc2ccccc2)c1. The van der Waals surface area contributed by atoms with Gasteiger partial charge in [-0.3, -0.25) is 9.59 Å². The Hall–Kier alpha value is -2.27. The number of amides is 1. The molecule has 2 aromatic rings. The highest BCUT2D eigenvalue weighted by molar-refractivity contribution is 7.98. The number of thioether (sulfide) groups is 1. The molecule has 0 radical (unpaired) electrons. The molecule has 126 valence electrons. The Morgan fingerprint density at radius 3 is 2.46 bits per heavy atom. The van der Waals surface area contributed by atoms with Crippen molar-refractivity contribution in [3.63, 3.8) is 0 Å². The zero-order chi connectivity index (χ0) is 17.2. The molecule has 0 heterocycles. The lowest BCUT2D eigenvalue weighted by atomic mass is 10.1. The predicted molar refractivity (Wildman–Crippen MR) is 98.2 cm³/mol. The van der Waals surface area contributed by atoms with Gasteiger partial charge in [0.2, 0.25) is 5.91 Å². The van der Waals surface area contributed by atoms with Crippen LogP contribution in [-0.4, -0.2) is 22.7 Å². The van der Waals surface area contributed by atoms with E-state index in [0.717, 1.165) is 29.0 Å². The molecule has 2 rings (SSSR count). The normalized spacial score (nSPS) is 10.3. The molecule has 0 aromatic heterocycles. The molecular weight excluding hydrogens is 322 g/mol.